The number of aromatic nitrogens is 5. The molecule has 0 spiro atoms. The van der Waals surface area contributed by atoms with Gasteiger partial charge in [0.05, 0.1) is 6.54 Å². The highest BCUT2D eigenvalue weighted by Gasteiger charge is 2.25. The fourth-order valence-corrected chi connectivity index (χ4v) is 5.19. The van der Waals surface area contributed by atoms with Gasteiger partial charge >= 0.3 is 5.97 Å². The van der Waals surface area contributed by atoms with E-state index in [1.807, 2.05) is 37.4 Å². The van der Waals surface area contributed by atoms with Crippen LogP contribution >= 0.6 is 0 Å². The summed E-state index contributed by atoms with van der Waals surface area (Å²) in [4.78, 5) is 29.0. The van der Waals surface area contributed by atoms with Gasteiger partial charge in [0.2, 0.25) is 0 Å². The van der Waals surface area contributed by atoms with Crippen LogP contribution < -0.4 is 15.2 Å². The molecule has 234 valence electrons. The van der Waals surface area contributed by atoms with Crippen LogP contribution in [0.1, 0.15) is 48.8 Å². The first kappa shape index (κ1) is 31.3. The Hall–Kier alpha value is -5.10. The number of benzene rings is 2. The minimum atomic E-state index is -0.787. The highest BCUT2D eigenvalue weighted by atomic mass is 19.1. The van der Waals surface area contributed by atoms with Crippen LogP contribution in [-0.4, -0.2) is 61.0 Å². The van der Waals surface area contributed by atoms with Crippen molar-refractivity contribution in [2.75, 3.05) is 26.4 Å². The van der Waals surface area contributed by atoms with Gasteiger partial charge in [0.15, 0.2) is 0 Å². The molecule has 1 aliphatic carbocycles. The number of aliphatic carboxylic acids is 1. The minimum absolute atomic E-state index is 0.111. The number of hydrogen-bond acceptors (Lipinski definition) is 9. The summed E-state index contributed by atoms with van der Waals surface area (Å²) in [5.74, 6) is 2.58. The zero-order valence-electron chi connectivity index (χ0n) is 25.5. The number of hydrogen-bond donors (Lipinski definition) is 2. The molecule has 0 amide bonds. The van der Waals surface area contributed by atoms with Crippen molar-refractivity contribution in [3.05, 3.63) is 90.3 Å². The lowest BCUT2D eigenvalue weighted by Gasteiger charge is -2.10. The summed E-state index contributed by atoms with van der Waals surface area (Å²) >= 11 is 0. The number of halogens is 1. The average molecular weight is 614 g/mol. The number of likely N-dealkylation sites (N-methyl/N-ethyl adjacent to an activating group) is 1. The molecule has 0 atom stereocenters. The Kier molecular flexibility index (Phi) is 9.83. The average Bonchev–Trinajstić information content (AvgIpc) is 3.66. The second-order valence-electron chi connectivity index (χ2n) is 11.1. The number of anilines is 1. The molecule has 3 heterocycles. The molecule has 12 heteroatoms. The van der Waals surface area contributed by atoms with Crippen molar-refractivity contribution in [3.8, 4) is 28.5 Å². The van der Waals surface area contributed by atoms with E-state index < -0.39 is 11.8 Å². The van der Waals surface area contributed by atoms with Crippen molar-refractivity contribution < 1.29 is 23.8 Å². The molecule has 1 aliphatic rings. The monoisotopic (exact) mass is 613 g/mol. The number of rotatable bonds is 9. The van der Waals surface area contributed by atoms with Gasteiger partial charge in [0.25, 0.3) is 0 Å². The van der Waals surface area contributed by atoms with Crippen LogP contribution in [0.2, 0.25) is 0 Å². The molecule has 3 N–H and O–H groups in total. The number of fused-ring (bicyclic) bond motifs is 1. The molecule has 0 unspecified atom stereocenters. The minimum Gasteiger partial charge on any atom is -0.489 e. The Morgan fingerprint density at radius 2 is 1.73 bits per heavy atom. The van der Waals surface area contributed by atoms with E-state index in [0.717, 1.165) is 41.0 Å². The van der Waals surface area contributed by atoms with Crippen LogP contribution in [0.25, 0.3) is 16.8 Å². The van der Waals surface area contributed by atoms with Gasteiger partial charge in [-0.05, 0) is 58.1 Å². The molecule has 0 bridgehead atoms. The molecule has 0 aliphatic heterocycles. The predicted octanol–water partition coefficient (Wildman–Crippen LogP) is 5.88. The zero-order chi connectivity index (χ0) is 31.9. The third kappa shape index (κ3) is 8.09. The summed E-state index contributed by atoms with van der Waals surface area (Å²) < 4.78 is 28.1. The smallest absolute Gasteiger partial charge is 0.317 e. The number of nitrogens with two attached hydrogens (primary N) is 1. The second-order valence-corrected chi connectivity index (χ2v) is 11.1. The third-order valence-corrected chi connectivity index (χ3v) is 7.23. The van der Waals surface area contributed by atoms with Crippen molar-refractivity contribution in [2.45, 2.75) is 45.1 Å². The summed E-state index contributed by atoms with van der Waals surface area (Å²) in [6.45, 7) is 2.14. The Morgan fingerprint density at radius 1 is 1.04 bits per heavy atom. The lowest BCUT2D eigenvalue weighted by atomic mass is 10.1. The van der Waals surface area contributed by atoms with Gasteiger partial charge in [-0.3, -0.25) is 14.1 Å². The fourth-order valence-electron chi connectivity index (χ4n) is 5.19. The summed E-state index contributed by atoms with van der Waals surface area (Å²) in [5.41, 5.74) is 9.59. The molecule has 2 aromatic carbocycles. The van der Waals surface area contributed by atoms with Crippen molar-refractivity contribution in [2.24, 2.45) is 0 Å². The maximum atomic E-state index is 14.3. The Morgan fingerprint density at radius 3 is 2.38 bits per heavy atom. The molecular formula is C33H36FN7O4. The second kappa shape index (κ2) is 14.1. The molecule has 6 rings (SSSR count). The molecule has 1 saturated carbocycles. The lowest BCUT2D eigenvalue weighted by molar-refractivity contribution is -0.137. The quantitative estimate of drug-likeness (QED) is 0.207. The van der Waals surface area contributed by atoms with E-state index in [-0.39, 0.29) is 13.2 Å². The third-order valence-electron chi connectivity index (χ3n) is 7.23. The molecule has 0 radical (unpaired) electrons. The predicted molar refractivity (Wildman–Crippen MR) is 168 cm³/mol. The van der Waals surface area contributed by atoms with Crippen LogP contribution in [0.15, 0.2) is 67.3 Å². The molecule has 45 heavy (non-hydrogen) atoms. The summed E-state index contributed by atoms with van der Waals surface area (Å²) in [6.07, 6.45) is 11.7. The normalized spacial score (nSPS) is 13.1. The van der Waals surface area contributed by atoms with Gasteiger partial charge in [0.1, 0.15) is 58.3 Å². The van der Waals surface area contributed by atoms with Crippen LogP contribution in [0, 0.1) is 12.7 Å². The maximum absolute atomic E-state index is 14.3. The Labute approximate surface area is 260 Å². The molecule has 3 aromatic heterocycles. The fraction of sp³-hybridized carbons (Fsp3) is 0.303. The molecule has 1 fully saturated rings. The van der Waals surface area contributed by atoms with Crippen LogP contribution in [0.3, 0.4) is 0 Å². The van der Waals surface area contributed by atoms with E-state index >= 15 is 0 Å². The first-order valence-corrected chi connectivity index (χ1v) is 14.6. The molecule has 5 aromatic rings. The van der Waals surface area contributed by atoms with Crippen LogP contribution in [-0.2, 0) is 11.4 Å². The summed E-state index contributed by atoms with van der Waals surface area (Å²) in [7, 11) is 3.43. The molecular weight excluding hydrogens is 577 g/mol. The number of ether oxygens (including phenoxy) is 2. The van der Waals surface area contributed by atoms with Gasteiger partial charge in [-0.2, -0.15) is 0 Å². The Bertz CT molecular complexity index is 1750. The van der Waals surface area contributed by atoms with E-state index in [4.69, 9.17) is 25.3 Å². The number of carboxylic acid groups (broad SMARTS) is 1. The van der Waals surface area contributed by atoms with E-state index in [2.05, 4.69) is 19.4 Å². The zero-order valence-corrected chi connectivity index (χ0v) is 25.5. The lowest BCUT2D eigenvalue weighted by Crippen LogP contribution is -2.20. The summed E-state index contributed by atoms with van der Waals surface area (Å²) in [5, 5.41) is 8.04. The van der Waals surface area contributed by atoms with Crippen molar-refractivity contribution in [1.82, 2.24) is 29.2 Å². The van der Waals surface area contributed by atoms with Crippen LogP contribution in [0.5, 0.6) is 17.2 Å². The van der Waals surface area contributed by atoms with Gasteiger partial charge in [-0.25, -0.2) is 24.3 Å². The number of nitrogens with zero attached hydrogens (tertiary/aromatic N) is 6. The number of carboxylic acids is 1. The highest BCUT2D eigenvalue weighted by molar-refractivity contribution is 5.85. The number of carbonyl (C=O) groups is 1. The van der Waals surface area contributed by atoms with Crippen molar-refractivity contribution in [3.63, 3.8) is 0 Å². The molecule has 0 saturated heterocycles. The molecule has 11 nitrogen and oxygen atoms in total. The van der Waals surface area contributed by atoms with Crippen LogP contribution in [0.4, 0.5) is 10.2 Å². The van der Waals surface area contributed by atoms with Gasteiger partial charge in [-0.15, -0.1) is 0 Å². The van der Waals surface area contributed by atoms with E-state index in [1.165, 1.54) is 25.0 Å². The highest BCUT2D eigenvalue weighted by Crippen LogP contribution is 2.38. The van der Waals surface area contributed by atoms with E-state index in [1.54, 1.807) is 43.7 Å². The van der Waals surface area contributed by atoms with Gasteiger partial charge in [0, 0.05) is 60.0 Å². The van der Waals surface area contributed by atoms with Crippen molar-refractivity contribution >= 4 is 17.3 Å². The Balaban J connectivity index is 0.000000515. The summed E-state index contributed by atoms with van der Waals surface area (Å²) in [6, 6.07) is 11.8. The first-order valence-electron chi connectivity index (χ1n) is 14.6. The van der Waals surface area contributed by atoms with Crippen molar-refractivity contribution in [1.29, 1.82) is 0 Å². The SMILES string of the molecule is CN(C)CC(=O)O.Cc1ncc(COc2cc(F)cc(Oc3ccc(-c4nc(C5CCCC5)n5ccnc(N)c45)cc3)c2)cn1. The largest absolute Gasteiger partial charge is 0.489 e. The standard InChI is InChI=1S/C29H27FN6O2.C4H9NO2/c1-18-33-15-19(16-34-18)17-37-24-12-22(30)13-25(14-24)38-23-8-6-20(7-9-23)26-27-28(31)32-10-11-36(27)29(35-26)21-4-2-3-5-21;1-5(2)3-4(6)7/h6-16,21H,2-5,17H2,1H3,(H2,31,32);3H2,1-2H3,(H,6,7). The van der Waals surface area contributed by atoms with E-state index in [9.17, 15) is 9.18 Å². The number of nitrogen functional groups attached to an aromatic ring is 1. The number of aryl methyl sites for hydroxylation is 1. The van der Waals surface area contributed by atoms with Gasteiger partial charge < -0.3 is 20.3 Å². The first-order chi connectivity index (χ1) is 21.7. The maximum Gasteiger partial charge on any atom is 0.317 e. The van der Waals surface area contributed by atoms with Gasteiger partial charge in [-0.1, -0.05) is 12.8 Å². The number of imidazole rings is 1. The topological polar surface area (TPSA) is 141 Å². The van der Waals surface area contributed by atoms with E-state index in [0.29, 0.717) is 34.8 Å².